The van der Waals surface area contributed by atoms with E-state index in [2.05, 4.69) is 4.98 Å². The average Bonchev–Trinajstić information content (AvgIpc) is 3.24. The number of aromatic nitrogens is 1. The summed E-state index contributed by atoms with van der Waals surface area (Å²) in [6, 6.07) is 6.71. The predicted octanol–water partition coefficient (Wildman–Crippen LogP) is 5.42. The molecule has 9 heteroatoms. The smallest absolute Gasteiger partial charge is 0.348 e. The second-order valence-electron chi connectivity index (χ2n) is 6.16. The van der Waals surface area contributed by atoms with E-state index in [1.54, 1.807) is 23.6 Å². The minimum atomic E-state index is -0.725. The molecule has 0 amide bonds. The van der Waals surface area contributed by atoms with Crippen LogP contribution in [0.3, 0.4) is 0 Å². The van der Waals surface area contributed by atoms with Gasteiger partial charge in [-0.3, -0.25) is 9.78 Å². The second kappa shape index (κ2) is 9.93. The summed E-state index contributed by atoms with van der Waals surface area (Å²) < 4.78 is 16.4. The van der Waals surface area contributed by atoms with E-state index in [0.29, 0.717) is 49.4 Å². The highest BCUT2D eigenvalue weighted by atomic mass is 35.5. The molecule has 2 aromatic heterocycles. The number of esters is 1. The van der Waals surface area contributed by atoms with Crippen LogP contribution >= 0.6 is 34.5 Å². The molecule has 1 aromatic carbocycles. The van der Waals surface area contributed by atoms with Crippen LogP contribution in [0.5, 0.6) is 11.5 Å². The number of benzene rings is 1. The van der Waals surface area contributed by atoms with Gasteiger partial charge in [0.15, 0.2) is 17.8 Å². The van der Waals surface area contributed by atoms with Crippen molar-refractivity contribution in [3.05, 3.63) is 73.7 Å². The van der Waals surface area contributed by atoms with Gasteiger partial charge in [0.25, 0.3) is 0 Å². The van der Waals surface area contributed by atoms with Gasteiger partial charge in [0.1, 0.15) is 11.0 Å². The van der Waals surface area contributed by atoms with E-state index in [0.717, 1.165) is 11.3 Å². The molecule has 0 radical (unpaired) electrons. The van der Waals surface area contributed by atoms with Crippen LogP contribution in [-0.2, 0) is 11.2 Å². The molecule has 2 heterocycles. The van der Waals surface area contributed by atoms with Gasteiger partial charge < -0.3 is 14.2 Å². The van der Waals surface area contributed by atoms with Gasteiger partial charge in [0.2, 0.25) is 0 Å². The van der Waals surface area contributed by atoms with E-state index in [1.165, 1.54) is 32.7 Å². The molecule has 30 heavy (non-hydrogen) atoms. The van der Waals surface area contributed by atoms with Crippen LogP contribution < -0.4 is 9.47 Å². The molecular formula is C21H17Cl2NO5S. The first-order valence-corrected chi connectivity index (χ1v) is 10.3. The van der Waals surface area contributed by atoms with Crippen molar-refractivity contribution in [2.75, 3.05) is 14.2 Å². The lowest BCUT2D eigenvalue weighted by molar-refractivity contribution is 0.0303. The summed E-state index contributed by atoms with van der Waals surface area (Å²) in [5, 5.41) is 2.32. The maximum Gasteiger partial charge on any atom is 0.348 e. The molecule has 156 valence electrons. The van der Waals surface area contributed by atoms with Gasteiger partial charge in [-0.2, -0.15) is 0 Å². The highest BCUT2D eigenvalue weighted by Crippen LogP contribution is 2.35. The fourth-order valence-corrected chi connectivity index (χ4v) is 4.06. The normalized spacial score (nSPS) is 11.6. The van der Waals surface area contributed by atoms with Gasteiger partial charge >= 0.3 is 5.97 Å². The summed E-state index contributed by atoms with van der Waals surface area (Å²) >= 11 is 13.7. The van der Waals surface area contributed by atoms with Crippen molar-refractivity contribution in [1.82, 2.24) is 4.98 Å². The molecule has 0 aliphatic carbocycles. The van der Waals surface area contributed by atoms with Crippen molar-refractivity contribution in [3.63, 3.8) is 0 Å². The molecule has 0 N–H and O–H groups in total. The molecule has 0 aliphatic rings. The zero-order valence-electron chi connectivity index (χ0n) is 16.1. The summed E-state index contributed by atoms with van der Waals surface area (Å²) in [5.41, 5.74) is 1.67. The molecule has 0 saturated carbocycles. The van der Waals surface area contributed by atoms with Gasteiger partial charge in [-0.1, -0.05) is 29.3 Å². The number of pyridine rings is 1. The average molecular weight is 466 g/mol. The molecule has 0 aliphatic heterocycles. The predicted molar refractivity (Wildman–Crippen MR) is 115 cm³/mol. The number of carbonyl (C=O) groups excluding carboxylic acids is 2. The van der Waals surface area contributed by atoms with E-state index in [4.69, 9.17) is 37.4 Å². The largest absolute Gasteiger partial charge is 0.493 e. The fourth-order valence-electron chi connectivity index (χ4n) is 2.81. The zero-order chi connectivity index (χ0) is 21.7. The third-order valence-corrected chi connectivity index (χ3v) is 5.91. The number of thiophene rings is 1. The number of aldehydes is 1. The third-order valence-electron chi connectivity index (χ3n) is 4.33. The highest BCUT2D eigenvalue weighted by Gasteiger charge is 2.23. The number of rotatable bonds is 8. The lowest BCUT2D eigenvalue weighted by Gasteiger charge is -2.20. The third kappa shape index (κ3) is 4.92. The molecule has 3 rings (SSSR count). The standard InChI is InChI=1S/C21H17Cl2NO5S/c1-27-17-4-3-13(6-19(17)28-2)18(7-14-15(22)8-24-9-16(14)23)29-21(26)20-5-12(10-25)11-30-20/h3-6,8-11,18H,7H2,1-2H3/t18-/m0/s1. The molecule has 0 unspecified atom stereocenters. The van der Waals surface area contributed by atoms with Gasteiger partial charge in [0.05, 0.1) is 24.3 Å². The Hall–Kier alpha value is -2.61. The molecule has 0 spiro atoms. The molecule has 1 atom stereocenters. The maximum absolute atomic E-state index is 12.7. The Morgan fingerprint density at radius 1 is 1.13 bits per heavy atom. The van der Waals surface area contributed by atoms with Crippen LogP contribution in [0.15, 0.2) is 42.0 Å². The second-order valence-corrected chi connectivity index (χ2v) is 7.88. The summed E-state index contributed by atoms with van der Waals surface area (Å²) in [4.78, 5) is 27.9. The Balaban J connectivity index is 1.97. The van der Waals surface area contributed by atoms with E-state index in [1.807, 2.05) is 0 Å². The lowest BCUT2D eigenvalue weighted by Crippen LogP contribution is -2.14. The molecule has 0 saturated heterocycles. The van der Waals surface area contributed by atoms with Gasteiger partial charge in [-0.25, -0.2) is 4.79 Å². The number of nitrogens with zero attached hydrogens (tertiary/aromatic N) is 1. The van der Waals surface area contributed by atoms with Crippen molar-refractivity contribution >= 4 is 46.8 Å². The van der Waals surface area contributed by atoms with Gasteiger partial charge in [-0.05, 0) is 29.3 Å². The molecule has 0 fully saturated rings. The Morgan fingerprint density at radius 3 is 2.43 bits per heavy atom. The van der Waals surface area contributed by atoms with Crippen LogP contribution in [0.25, 0.3) is 0 Å². The lowest BCUT2D eigenvalue weighted by atomic mass is 10.0. The van der Waals surface area contributed by atoms with Crippen molar-refractivity contribution in [1.29, 1.82) is 0 Å². The van der Waals surface area contributed by atoms with Gasteiger partial charge in [-0.15, -0.1) is 11.3 Å². The minimum Gasteiger partial charge on any atom is -0.493 e. The summed E-state index contributed by atoms with van der Waals surface area (Å²) in [7, 11) is 3.05. The number of hydrogen-bond acceptors (Lipinski definition) is 7. The first kappa shape index (κ1) is 22.1. The Labute approximate surface area is 187 Å². The molecular weight excluding hydrogens is 449 g/mol. The quantitative estimate of drug-likeness (QED) is 0.326. The van der Waals surface area contributed by atoms with Crippen LogP contribution in [0.1, 0.15) is 37.3 Å². The minimum absolute atomic E-state index is 0.216. The molecule has 0 bridgehead atoms. The summed E-state index contributed by atoms with van der Waals surface area (Å²) in [6.07, 6.45) is 3.12. The van der Waals surface area contributed by atoms with Crippen LogP contribution in [-0.4, -0.2) is 31.5 Å². The number of carbonyl (C=O) groups is 2. The topological polar surface area (TPSA) is 74.7 Å². The van der Waals surface area contributed by atoms with Crippen molar-refractivity contribution in [2.45, 2.75) is 12.5 Å². The highest BCUT2D eigenvalue weighted by molar-refractivity contribution is 7.12. The van der Waals surface area contributed by atoms with Crippen molar-refractivity contribution in [2.24, 2.45) is 0 Å². The van der Waals surface area contributed by atoms with E-state index in [9.17, 15) is 9.59 Å². The van der Waals surface area contributed by atoms with Crippen LogP contribution in [0, 0.1) is 0 Å². The van der Waals surface area contributed by atoms with Crippen LogP contribution in [0.4, 0.5) is 0 Å². The van der Waals surface area contributed by atoms with E-state index >= 15 is 0 Å². The summed E-state index contributed by atoms with van der Waals surface area (Å²) in [6.45, 7) is 0. The van der Waals surface area contributed by atoms with Crippen LogP contribution in [0.2, 0.25) is 10.0 Å². The monoisotopic (exact) mass is 465 g/mol. The van der Waals surface area contributed by atoms with Crippen molar-refractivity contribution in [3.8, 4) is 11.5 Å². The Kier molecular flexibility index (Phi) is 7.31. The number of hydrogen-bond donors (Lipinski definition) is 0. The fraction of sp³-hybridized carbons (Fsp3) is 0.190. The SMILES string of the molecule is COc1ccc([C@H](Cc2c(Cl)cncc2Cl)OC(=O)c2cc(C=O)cs2)cc1OC. The number of ether oxygens (including phenoxy) is 3. The zero-order valence-corrected chi connectivity index (χ0v) is 18.4. The first-order chi connectivity index (χ1) is 14.5. The Morgan fingerprint density at radius 2 is 1.83 bits per heavy atom. The van der Waals surface area contributed by atoms with Crippen molar-refractivity contribution < 1.29 is 23.8 Å². The molecule has 6 nitrogen and oxygen atoms in total. The number of methoxy groups -OCH3 is 2. The number of halogens is 2. The molecule has 3 aromatic rings. The Bertz CT molecular complexity index is 1050. The van der Waals surface area contributed by atoms with E-state index in [-0.39, 0.29) is 6.42 Å². The maximum atomic E-state index is 12.7. The van der Waals surface area contributed by atoms with E-state index < -0.39 is 12.1 Å². The first-order valence-electron chi connectivity index (χ1n) is 8.71. The van der Waals surface area contributed by atoms with Gasteiger partial charge in [0, 0.05) is 29.8 Å². The summed E-state index contributed by atoms with van der Waals surface area (Å²) in [5.74, 6) is 0.469.